The van der Waals surface area contributed by atoms with E-state index in [1.807, 2.05) is 26.0 Å². The van der Waals surface area contributed by atoms with Gasteiger partial charge in [-0.25, -0.2) is 4.68 Å². The van der Waals surface area contributed by atoms with Crippen LogP contribution in [0.1, 0.15) is 81.5 Å². The van der Waals surface area contributed by atoms with Crippen molar-refractivity contribution in [2.24, 2.45) is 5.73 Å². The van der Waals surface area contributed by atoms with Crippen molar-refractivity contribution in [1.82, 2.24) is 14.9 Å². The smallest absolute Gasteiger partial charge is 0.254 e. The minimum Gasteiger partial charge on any atom is -0.383 e. The maximum Gasteiger partial charge on any atom is 0.254 e. The van der Waals surface area contributed by atoms with Crippen LogP contribution in [0, 0.1) is 0 Å². The van der Waals surface area contributed by atoms with Gasteiger partial charge in [-0.1, -0.05) is 50.2 Å². The summed E-state index contributed by atoms with van der Waals surface area (Å²) in [5.74, 6) is -0.738. The molecule has 0 fully saturated rings. The van der Waals surface area contributed by atoms with Crippen LogP contribution in [-0.2, 0) is 10.2 Å². The molecule has 0 saturated carbocycles. The first kappa shape index (κ1) is 24.0. The molecule has 1 unspecified atom stereocenters. The lowest BCUT2D eigenvalue weighted by molar-refractivity contribution is -0.117. The Morgan fingerprint density at radius 1 is 1.18 bits per heavy atom. The maximum atomic E-state index is 12.8. The van der Waals surface area contributed by atoms with Crippen LogP contribution in [0.4, 0.5) is 11.7 Å². The number of rotatable bonds is 8. The predicted octanol–water partition coefficient (Wildman–Crippen LogP) is 4.23. The highest BCUT2D eigenvalue weighted by Gasteiger charge is 2.25. The molecule has 2 heterocycles. The second-order valence-electron chi connectivity index (χ2n) is 9.16. The van der Waals surface area contributed by atoms with Crippen molar-refractivity contribution in [1.29, 1.82) is 0 Å². The number of anilines is 2. The van der Waals surface area contributed by atoms with E-state index >= 15 is 0 Å². The molecular formula is C24H32N6O3. The third-order valence-electron chi connectivity index (χ3n) is 6.09. The molecule has 9 nitrogen and oxygen atoms in total. The molecule has 0 radical (unpaired) electrons. The minimum atomic E-state index is -0.635. The zero-order chi connectivity index (χ0) is 24.5. The Bertz CT molecular complexity index is 1160. The number of hydrogen-bond acceptors (Lipinski definition) is 6. The van der Waals surface area contributed by atoms with Gasteiger partial charge in [0.05, 0.1) is 11.6 Å². The monoisotopic (exact) mass is 452 g/mol. The van der Waals surface area contributed by atoms with E-state index in [0.717, 1.165) is 17.7 Å². The van der Waals surface area contributed by atoms with Crippen molar-refractivity contribution >= 4 is 23.5 Å². The fourth-order valence-electron chi connectivity index (χ4n) is 3.43. The van der Waals surface area contributed by atoms with Crippen LogP contribution in [0.25, 0.3) is 11.3 Å². The van der Waals surface area contributed by atoms with Gasteiger partial charge >= 0.3 is 0 Å². The summed E-state index contributed by atoms with van der Waals surface area (Å²) in [4.78, 5) is 24.8. The third kappa shape index (κ3) is 4.76. The molecule has 2 amide bonds. The first-order valence-electron chi connectivity index (χ1n) is 11.0. The van der Waals surface area contributed by atoms with Gasteiger partial charge in [0.2, 0.25) is 11.8 Å². The zero-order valence-electron chi connectivity index (χ0n) is 20.0. The summed E-state index contributed by atoms with van der Waals surface area (Å²) in [5, 5.41) is 11.4. The van der Waals surface area contributed by atoms with Gasteiger partial charge in [0.1, 0.15) is 17.1 Å². The van der Waals surface area contributed by atoms with Crippen LogP contribution in [0.3, 0.4) is 0 Å². The van der Waals surface area contributed by atoms with Crippen molar-refractivity contribution in [3.63, 3.8) is 0 Å². The summed E-state index contributed by atoms with van der Waals surface area (Å²) in [6.07, 6.45) is 0.897. The predicted molar refractivity (Wildman–Crippen MR) is 128 cm³/mol. The Hall–Kier alpha value is -3.62. The highest BCUT2D eigenvalue weighted by molar-refractivity contribution is 6.03. The van der Waals surface area contributed by atoms with Crippen molar-refractivity contribution < 1.29 is 14.1 Å². The molecule has 9 heteroatoms. The summed E-state index contributed by atoms with van der Waals surface area (Å²) in [5.41, 5.74) is 14.4. The fourth-order valence-corrected chi connectivity index (χ4v) is 3.43. The summed E-state index contributed by atoms with van der Waals surface area (Å²) >= 11 is 0. The summed E-state index contributed by atoms with van der Waals surface area (Å²) < 4.78 is 6.88. The van der Waals surface area contributed by atoms with Gasteiger partial charge < -0.3 is 16.0 Å². The zero-order valence-corrected chi connectivity index (χ0v) is 20.0. The number of hydrogen-bond donors (Lipinski definition) is 3. The van der Waals surface area contributed by atoms with Gasteiger partial charge in [0.25, 0.3) is 5.91 Å². The van der Waals surface area contributed by atoms with Crippen molar-refractivity contribution in [3.8, 4) is 11.3 Å². The molecular weight excluding hydrogens is 420 g/mol. The minimum absolute atomic E-state index is 0.0284. The Morgan fingerprint density at radius 3 is 2.36 bits per heavy atom. The van der Waals surface area contributed by atoms with E-state index in [9.17, 15) is 9.59 Å². The summed E-state index contributed by atoms with van der Waals surface area (Å²) in [7, 11) is 0. The van der Waals surface area contributed by atoms with Crippen LogP contribution in [-0.4, -0.2) is 26.8 Å². The molecule has 3 rings (SSSR count). The number of nitrogens with zero attached hydrogens (tertiary/aromatic N) is 3. The molecule has 1 atom stereocenters. The summed E-state index contributed by atoms with van der Waals surface area (Å²) in [6, 6.07) is 8.97. The number of nitrogens with one attached hydrogen (secondary N) is 1. The van der Waals surface area contributed by atoms with E-state index in [0.29, 0.717) is 17.1 Å². The molecule has 0 spiro atoms. The van der Waals surface area contributed by atoms with Gasteiger partial charge in [0, 0.05) is 23.1 Å². The second kappa shape index (κ2) is 9.09. The lowest BCUT2D eigenvalue weighted by Crippen LogP contribution is -2.19. The second-order valence-corrected chi connectivity index (χ2v) is 9.16. The van der Waals surface area contributed by atoms with Gasteiger partial charge in [-0.2, -0.15) is 5.10 Å². The molecule has 2 aromatic heterocycles. The number of nitrogens with two attached hydrogens (primary N) is 2. The Balaban J connectivity index is 1.80. The average molecular weight is 453 g/mol. The SMILES string of the molecule is CCC(C)(C)c1cc(NC(=O)C(C)c2ccc(-c3nn(C(C)C)c(N)c3C(N)=O)cc2)on1. The van der Waals surface area contributed by atoms with Crippen molar-refractivity contribution in [2.75, 3.05) is 11.1 Å². The van der Waals surface area contributed by atoms with E-state index in [1.54, 1.807) is 29.8 Å². The van der Waals surface area contributed by atoms with Crippen LogP contribution in [0.5, 0.6) is 0 Å². The largest absolute Gasteiger partial charge is 0.383 e. The average Bonchev–Trinajstić information content (AvgIpc) is 3.38. The van der Waals surface area contributed by atoms with E-state index < -0.39 is 11.8 Å². The number of amides is 2. The van der Waals surface area contributed by atoms with Gasteiger partial charge in [-0.3, -0.25) is 14.9 Å². The van der Waals surface area contributed by atoms with Gasteiger partial charge in [-0.15, -0.1) is 0 Å². The van der Waals surface area contributed by atoms with Gasteiger partial charge in [-0.05, 0) is 32.8 Å². The molecule has 5 N–H and O–H groups in total. The van der Waals surface area contributed by atoms with Crippen LogP contribution in [0.2, 0.25) is 0 Å². The molecule has 0 aliphatic carbocycles. The lowest BCUT2D eigenvalue weighted by Gasteiger charge is -2.18. The first-order chi connectivity index (χ1) is 15.5. The third-order valence-corrected chi connectivity index (χ3v) is 6.09. The van der Waals surface area contributed by atoms with Crippen LogP contribution >= 0.6 is 0 Å². The topological polar surface area (TPSA) is 142 Å². The van der Waals surface area contributed by atoms with E-state index in [1.165, 1.54) is 0 Å². The van der Waals surface area contributed by atoms with Crippen LogP contribution < -0.4 is 16.8 Å². The van der Waals surface area contributed by atoms with Crippen molar-refractivity contribution in [2.45, 2.75) is 65.3 Å². The molecule has 33 heavy (non-hydrogen) atoms. The molecule has 0 aliphatic rings. The van der Waals surface area contributed by atoms with Gasteiger partial charge in [0.15, 0.2) is 0 Å². The number of primary amides is 1. The first-order valence-corrected chi connectivity index (χ1v) is 11.0. The molecule has 3 aromatic rings. The van der Waals surface area contributed by atoms with E-state index in [-0.39, 0.29) is 28.7 Å². The number of carbonyl (C=O) groups is 2. The van der Waals surface area contributed by atoms with Crippen LogP contribution in [0.15, 0.2) is 34.9 Å². The highest BCUT2D eigenvalue weighted by atomic mass is 16.5. The fraction of sp³-hybridized carbons (Fsp3) is 0.417. The molecule has 0 bridgehead atoms. The number of carbonyl (C=O) groups excluding carboxylic acids is 2. The van der Waals surface area contributed by atoms with E-state index in [4.69, 9.17) is 16.0 Å². The maximum absolute atomic E-state index is 12.8. The normalized spacial score (nSPS) is 12.7. The molecule has 176 valence electrons. The lowest BCUT2D eigenvalue weighted by atomic mass is 9.87. The number of benzene rings is 1. The molecule has 1 aromatic carbocycles. The summed E-state index contributed by atoms with van der Waals surface area (Å²) in [6.45, 7) is 11.9. The standard InChI is InChI=1S/C24H32N6O3/c1-7-24(5,6)17-12-18(33-29-17)27-23(32)14(4)15-8-10-16(11-9-15)20-19(22(26)31)21(25)30(28-20)13(2)3/h8-14H,7,25H2,1-6H3,(H2,26,31)(H,27,32). The Labute approximate surface area is 193 Å². The molecule has 0 saturated heterocycles. The Kier molecular flexibility index (Phi) is 6.62. The number of aromatic nitrogens is 3. The van der Waals surface area contributed by atoms with Crippen molar-refractivity contribution in [3.05, 3.63) is 47.2 Å². The molecule has 0 aliphatic heterocycles. The van der Waals surface area contributed by atoms with E-state index in [2.05, 4.69) is 36.3 Å². The quantitative estimate of drug-likeness (QED) is 0.467. The highest BCUT2D eigenvalue weighted by Crippen LogP contribution is 2.31. The Morgan fingerprint density at radius 2 is 1.82 bits per heavy atom. The number of nitrogen functional groups attached to an aromatic ring is 1.